The first-order valence-corrected chi connectivity index (χ1v) is 5.63. The van der Waals surface area contributed by atoms with Gasteiger partial charge in [0.1, 0.15) is 5.82 Å². The molecule has 0 bridgehead atoms. The van der Waals surface area contributed by atoms with Gasteiger partial charge in [0, 0.05) is 6.54 Å². The van der Waals surface area contributed by atoms with Crippen molar-refractivity contribution in [3.05, 3.63) is 34.6 Å². The largest absolute Gasteiger partial charge is 0.480 e. The van der Waals surface area contributed by atoms with Crippen LogP contribution in [0.1, 0.15) is 5.56 Å². The molecule has 0 heterocycles. The Balaban J connectivity index is 2.49. The van der Waals surface area contributed by atoms with Gasteiger partial charge >= 0.3 is 12.0 Å². The smallest absolute Gasteiger partial charge is 0.328 e. The Morgan fingerprint density at radius 1 is 1.42 bits per heavy atom. The van der Waals surface area contributed by atoms with Gasteiger partial charge in [0.2, 0.25) is 0 Å². The lowest BCUT2D eigenvalue weighted by Gasteiger charge is -2.12. The summed E-state index contributed by atoms with van der Waals surface area (Å²) in [6.07, 6.45) is 0. The summed E-state index contributed by atoms with van der Waals surface area (Å²) >= 11 is 5.56. The molecule has 0 saturated heterocycles. The van der Waals surface area contributed by atoms with Gasteiger partial charge in [0.25, 0.3) is 0 Å². The van der Waals surface area contributed by atoms with Gasteiger partial charge in [-0.2, -0.15) is 0 Å². The van der Waals surface area contributed by atoms with Crippen molar-refractivity contribution in [2.45, 2.75) is 12.6 Å². The van der Waals surface area contributed by atoms with Crippen molar-refractivity contribution < 1.29 is 24.2 Å². The fourth-order valence-electron chi connectivity index (χ4n) is 1.23. The summed E-state index contributed by atoms with van der Waals surface area (Å²) in [6.45, 7) is -0.672. The first kappa shape index (κ1) is 15.2. The first-order chi connectivity index (χ1) is 8.93. The van der Waals surface area contributed by atoms with E-state index in [2.05, 4.69) is 10.6 Å². The van der Waals surface area contributed by atoms with Crippen LogP contribution in [0.15, 0.2) is 18.2 Å². The third-order valence-electron chi connectivity index (χ3n) is 2.22. The van der Waals surface area contributed by atoms with Crippen LogP contribution in [0.5, 0.6) is 0 Å². The van der Waals surface area contributed by atoms with Crippen LogP contribution in [0, 0.1) is 5.82 Å². The highest BCUT2D eigenvalue weighted by atomic mass is 35.5. The Kier molecular flexibility index (Phi) is 5.53. The number of nitrogens with one attached hydrogen (secondary N) is 2. The number of aliphatic hydroxyl groups is 1. The maximum atomic E-state index is 12.9. The number of carbonyl (C=O) groups is 2. The molecule has 19 heavy (non-hydrogen) atoms. The predicted molar refractivity (Wildman–Crippen MR) is 65.3 cm³/mol. The number of hydrogen-bond acceptors (Lipinski definition) is 3. The first-order valence-electron chi connectivity index (χ1n) is 5.26. The standard InChI is InChI=1S/C11H12ClFN2O4/c12-7-3-6(1-2-8(7)13)4-14-11(19)15-9(5-16)10(17)18/h1-3,9,16H,4-5H2,(H,17,18)(H2,14,15,19)/t9-/m1/s1. The summed E-state index contributed by atoms with van der Waals surface area (Å²) in [5.41, 5.74) is 0.553. The van der Waals surface area contributed by atoms with Crippen molar-refractivity contribution in [3.63, 3.8) is 0 Å². The van der Waals surface area contributed by atoms with Gasteiger partial charge in [-0.05, 0) is 17.7 Å². The minimum Gasteiger partial charge on any atom is -0.480 e. The molecule has 0 spiro atoms. The van der Waals surface area contributed by atoms with Gasteiger partial charge in [-0.25, -0.2) is 14.0 Å². The molecule has 0 fully saturated rings. The molecule has 1 aromatic rings. The molecule has 0 aromatic heterocycles. The van der Waals surface area contributed by atoms with Crippen molar-refractivity contribution in [3.8, 4) is 0 Å². The minimum atomic E-state index is -1.38. The fourth-order valence-corrected chi connectivity index (χ4v) is 1.43. The van der Waals surface area contributed by atoms with E-state index in [1.807, 2.05) is 0 Å². The van der Waals surface area contributed by atoms with Crippen molar-refractivity contribution in [2.24, 2.45) is 0 Å². The molecule has 0 unspecified atom stereocenters. The van der Waals surface area contributed by atoms with Crippen molar-refractivity contribution in [1.29, 1.82) is 0 Å². The number of amides is 2. The topological polar surface area (TPSA) is 98.7 Å². The lowest BCUT2D eigenvalue weighted by molar-refractivity contribution is -0.140. The summed E-state index contributed by atoms with van der Waals surface area (Å²) in [5.74, 6) is -1.91. The summed E-state index contributed by atoms with van der Waals surface area (Å²) in [5, 5.41) is 21.7. The normalized spacial score (nSPS) is 11.7. The highest BCUT2D eigenvalue weighted by Gasteiger charge is 2.18. The van der Waals surface area contributed by atoms with E-state index in [4.69, 9.17) is 21.8 Å². The van der Waals surface area contributed by atoms with Crippen molar-refractivity contribution in [2.75, 3.05) is 6.61 Å². The van der Waals surface area contributed by atoms with Gasteiger partial charge in [-0.3, -0.25) is 0 Å². The summed E-state index contributed by atoms with van der Waals surface area (Å²) in [7, 11) is 0. The van der Waals surface area contributed by atoms with Crippen LogP contribution >= 0.6 is 11.6 Å². The van der Waals surface area contributed by atoms with Crippen LogP contribution in [0.2, 0.25) is 5.02 Å². The third kappa shape index (κ3) is 4.72. The molecule has 0 aliphatic heterocycles. The van der Waals surface area contributed by atoms with E-state index in [0.29, 0.717) is 5.56 Å². The van der Waals surface area contributed by atoms with Crippen LogP contribution in [0.4, 0.5) is 9.18 Å². The van der Waals surface area contributed by atoms with Crippen LogP contribution in [0.3, 0.4) is 0 Å². The van der Waals surface area contributed by atoms with E-state index in [1.165, 1.54) is 12.1 Å². The molecule has 1 rings (SSSR count). The van der Waals surface area contributed by atoms with Gasteiger partial charge in [0.05, 0.1) is 11.6 Å². The Morgan fingerprint density at radius 2 is 2.11 bits per heavy atom. The number of hydrogen-bond donors (Lipinski definition) is 4. The predicted octanol–water partition coefficient (Wildman–Crippen LogP) is 0.724. The molecule has 1 atom stereocenters. The molecule has 4 N–H and O–H groups in total. The van der Waals surface area contributed by atoms with E-state index in [1.54, 1.807) is 0 Å². The van der Waals surface area contributed by atoms with Crippen LogP contribution in [0.25, 0.3) is 0 Å². The molecule has 0 saturated carbocycles. The zero-order chi connectivity index (χ0) is 14.4. The number of benzene rings is 1. The molecular weight excluding hydrogens is 279 g/mol. The summed E-state index contributed by atoms with van der Waals surface area (Å²) in [4.78, 5) is 21.9. The molecule has 0 aliphatic rings. The average molecular weight is 291 g/mol. The van der Waals surface area contributed by atoms with Gasteiger partial charge < -0.3 is 20.8 Å². The molecule has 0 radical (unpaired) electrons. The second-order valence-electron chi connectivity index (χ2n) is 3.65. The molecule has 1 aromatic carbocycles. The lowest BCUT2D eigenvalue weighted by Crippen LogP contribution is -2.47. The highest BCUT2D eigenvalue weighted by molar-refractivity contribution is 6.30. The van der Waals surface area contributed by atoms with E-state index in [0.717, 1.165) is 6.07 Å². The number of halogens is 2. The number of carbonyl (C=O) groups excluding carboxylic acids is 1. The number of aliphatic hydroxyl groups excluding tert-OH is 1. The van der Waals surface area contributed by atoms with Crippen LogP contribution in [-0.2, 0) is 11.3 Å². The zero-order valence-electron chi connectivity index (χ0n) is 9.69. The Hall–Kier alpha value is -1.86. The maximum Gasteiger partial charge on any atom is 0.328 e. The Morgan fingerprint density at radius 3 is 2.63 bits per heavy atom. The Labute approximate surface area is 113 Å². The molecule has 0 aliphatic carbocycles. The average Bonchev–Trinajstić information content (AvgIpc) is 2.37. The number of rotatable bonds is 5. The number of carboxylic acid groups (broad SMARTS) is 1. The molecular formula is C11H12ClFN2O4. The van der Waals surface area contributed by atoms with Crippen molar-refractivity contribution in [1.82, 2.24) is 10.6 Å². The molecule has 8 heteroatoms. The lowest BCUT2D eigenvalue weighted by atomic mass is 10.2. The van der Waals surface area contributed by atoms with Gasteiger partial charge in [-0.1, -0.05) is 17.7 Å². The fraction of sp³-hybridized carbons (Fsp3) is 0.273. The SMILES string of the molecule is O=C(NCc1ccc(F)c(Cl)c1)N[C@H](CO)C(=O)O. The van der Waals surface area contributed by atoms with Gasteiger partial charge in [0.15, 0.2) is 6.04 Å². The number of carboxylic acids is 1. The highest BCUT2D eigenvalue weighted by Crippen LogP contribution is 2.15. The van der Waals surface area contributed by atoms with Gasteiger partial charge in [-0.15, -0.1) is 0 Å². The minimum absolute atomic E-state index is 0.0452. The van der Waals surface area contributed by atoms with Crippen LogP contribution < -0.4 is 10.6 Å². The Bertz CT molecular complexity index is 484. The second kappa shape index (κ2) is 6.91. The summed E-state index contributed by atoms with van der Waals surface area (Å²) in [6, 6.07) is 1.80. The van der Waals surface area contributed by atoms with Crippen LogP contribution in [-0.4, -0.2) is 34.9 Å². The van der Waals surface area contributed by atoms with E-state index >= 15 is 0 Å². The quantitative estimate of drug-likeness (QED) is 0.642. The van der Waals surface area contributed by atoms with E-state index in [-0.39, 0.29) is 11.6 Å². The summed E-state index contributed by atoms with van der Waals surface area (Å²) < 4.78 is 12.9. The zero-order valence-corrected chi connectivity index (χ0v) is 10.4. The maximum absolute atomic E-state index is 12.9. The monoisotopic (exact) mass is 290 g/mol. The molecule has 2 amide bonds. The number of aliphatic carboxylic acids is 1. The third-order valence-corrected chi connectivity index (χ3v) is 2.51. The van der Waals surface area contributed by atoms with E-state index < -0.39 is 30.5 Å². The molecule has 6 nitrogen and oxygen atoms in total. The van der Waals surface area contributed by atoms with Crippen molar-refractivity contribution >= 4 is 23.6 Å². The second-order valence-corrected chi connectivity index (χ2v) is 4.06. The van der Waals surface area contributed by atoms with E-state index in [9.17, 15) is 14.0 Å². The molecule has 104 valence electrons. The number of urea groups is 1.